The predicted octanol–water partition coefficient (Wildman–Crippen LogP) is 2.65. The molecule has 0 fully saturated rings. The molecule has 2 aromatic carbocycles. The van der Waals surface area contributed by atoms with Gasteiger partial charge >= 0.3 is 0 Å². The van der Waals surface area contributed by atoms with Crippen LogP contribution in [0.2, 0.25) is 0 Å². The van der Waals surface area contributed by atoms with Crippen LogP contribution in [0.15, 0.2) is 48.5 Å². The highest BCUT2D eigenvalue weighted by atomic mass is 16.2. The molecule has 4 nitrogen and oxygen atoms in total. The molecular weight excluding hydrogens is 262 g/mol. The van der Waals surface area contributed by atoms with E-state index in [9.17, 15) is 4.79 Å². The van der Waals surface area contributed by atoms with E-state index in [1.165, 1.54) is 11.1 Å². The summed E-state index contributed by atoms with van der Waals surface area (Å²) >= 11 is 0. The summed E-state index contributed by atoms with van der Waals surface area (Å²) in [7, 11) is 1.94. The van der Waals surface area contributed by atoms with Crippen LogP contribution in [-0.4, -0.2) is 24.4 Å². The number of benzene rings is 2. The van der Waals surface area contributed by atoms with Gasteiger partial charge in [-0.2, -0.15) is 0 Å². The van der Waals surface area contributed by atoms with Gasteiger partial charge in [-0.1, -0.05) is 24.3 Å². The zero-order chi connectivity index (χ0) is 15.2. The van der Waals surface area contributed by atoms with Gasteiger partial charge in [0.25, 0.3) is 0 Å². The lowest BCUT2D eigenvalue weighted by Gasteiger charge is -2.17. The first-order valence-electron chi connectivity index (χ1n) is 6.93. The number of anilines is 2. The Balaban J connectivity index is 1.87. The first kappa shape index (κ1) is 15.1. The fraction of sp³-hybridized carbons (Fsp3) is 0.235. The van der Waals surface area contributed by atoms with E-state index >= 15 is 0 Å². The highest BCUT2D eigenvalue weighted by Gasteiger charge is 2.08. The van der Waals surface area contributed by atoms with Gasteiger partial charge in [0.2, 0.25) is 5.91 Å². The molecular formula is C17H21N3O. The number of hydrogen-bond donors (Lipinski definition) is 2. The Labute approximate surface area is 125 Å². The van der Waals surface area contributed by atoms with Crippen molar-refractivity contribution in [3.63, 3.8) is 0 Å². The maximum atomic E-state index is 12.0. The molecule has 0 atom stereocenters. The number of nitrogen functional groups attached to an aromatic ring is 1. The van der Waals surface area contributed by atoms with Crippen LogP contribution in [0.25, 0.3) is 0 Å². The molecule has 0 spiro atoms. The second-order valence-electron chi connectivity index (χ2n) is 5.27. The Morgan fingerprint density at radius 2 is 1.81 bits per heavy atom. The summed E-state index contributed by atoms with van der Waals surface area (Å²) in [5.74, 6) is -0.0316. The van der Waals surface area contributed by atoms with Crippen LogP contribution in [0, 0.1) is 6.92 Å². The van der Waals surface area contributed by atoms with E-state index in [1.807, 2.05) is 24.1 Å². The van der Waals surface area contributed by atoms with E-state index in [4.69, 9.17) is 5.73 Å². The number of nitrogens with two attached hydrogens (primary N) is 1. The van der Waals surface area contributed by atoms with Gasteiger partial charge in [0, 0.05) is 17.9 Å². The van der Waals surface area contributed by atoms with E-state index in [2.05, 4.69) is 24.4 Å². The SMILES string of the molecule is Cc1ccccc1CN(C)CC(=O)Nc1ccc(N)cc1. The fourth-order valence-corrected chi connectivity index (χ4v) is 2.15. The van der Waals surface area contributed by atoms with Gasteiger partial charge in [-0.05, 0) is 49.4 Å². The van der Waals surface area contributed by atoms with Gasteiger partial charge in [0.05, 0.1) is 6.54 Å². The monoisotopic (exact) mass is 283 g/mol. The fourth-order valence-electron chi connectivity index (χ4n) is 2.15. The molecule has 0 aliphatic rings. The Bertz CT molecular complexity index is 608. The Morgan fingerprint density at radius 1 is 1.14 bits per heavy atom. The lowest BCUT2D eigenvalue weighted by atomic mass is 10.1. The zero-order valence-electron chi connectivity index (χ0n) is 12.5. The quantitative estimate of drug-likeness (QED) is 0.829. The third-order valence-corrected chi connectivity index (χ3v) is 3.31. The third kappa shape index (κ3) is 4.61. The molecule has 0 aromatic heterocycles. The van der Waals surface area contributed by atoms with E-state index in [0.29, 0.717) is 12.2 Å². The van der Waals surface area contributed by atoms with Gasteiger partial charge in [-0.15, -0.1) is 0 Å². The van der Waals surface area contributed by atoms with Gasteiger partial charge in [-0.25, -0.2) is 0 Å². The molecule has 0 bridgehead atoms. The van der Waals surface area contributed by atoms with E-state index in [0.717, 1.165) is 12.2 Å². The Hall–Kier alpha value is -2.33. The average molecular weight is 283 g/mol. The molecule has 3 N–H and O–H groups in total. The van der Waals surface area contributed by atoms with Gasteiger partial charge in [0.15, 0.2) is 0 Å². The first-order chi connectivity index (χ1) is 10.0. The second kappa shape index (κ2) is 6.90. The van der Waals surface area contributed by atoms with Crippen molar-refractivity contribution in [2.45, 2.75) is 13.5 Å². The minimum Gasteiger partial charge on any atom is -0.399 e. The minimum absolute atomic E-state index is 0.0316. The number of hydrogen-bond acceptors (Lipinski definition) is 3. The van der Waals surface area contributed by atoms with Crippen LogP contribution in [0.3, 0.4) is 0 Å². The number of nitrogens with zero attached hydrogens (tertiary/aromatic N) is 1. The Kier molecular flexibility index (Phi) is 4.95. The number of amides is 1. The topological polar surface area (TPSA) is 58.4 Å². The number of carbonyl (C=O) groups is 1. The average Bonchev–Trinajstić information content (AvgIpc) is 2.44. The number of carbonyl (C=O) groups excluding carboxylic acids is 1. The first-order valence-corrected chi connectivity index (χ1v) is 6.93. The molecule has 0 unspecified atom stereocenters. The van der Waals surface area contributed by atoms with Crippen molar-refractivity contribution >= 4 is 17.3 Å². The van der Waals surface area contributed by atoms with Crippen molar-refractivity contribution < 1.29 is 4.79 Å². The molecule has 0 aliphatic heterocycles. The molecule has 2 rings (SSSR count). The predicted molar refractivity (Wildman–Crippen MR) is 87.0 cm³/mol. The molecule has 0 saturated heterocycles. The maximum absolute atomic E-state index is 12.0. The maximum Gasteiger partial charge on any atom is 0.238 e. The highest BCUT2D eigenvalue weighted by molar-refractivity contribution is 5.92. The van der Waals surface area contributed by atoms with Crippen LogP contribution in [-0.2, 0) is 11.3 Å². The lowest BCUT2D eigenvalue weighted by molar-refractivity contribution is -0.117. The van der Waals surface area contributed by atoms with E-state index in [-0.39, 0.29) is 5.91 Å². The van der Waals surface area contributed by atoms with E-state index in [1.54, 1.807) is 24.3 Å². The molecule has 0 aliphatic carbocycles. The molecule has 0 radical (unpaired) electrons. The molecule has 110 valence electrons. The Morgan fingerprint density at radius 3 is 2.48 bits per heavy atom. The summed E-state index contributed by atoms with van der Waals surface area (Å²) in [4.78, 5) is 14.0. The standard InChI is InChI=1S/C17H21N3O/c1-13-5-3-4-6-14(13)11-20(2)12-17(21)19-16-9-7-15(18)8-10-16/h3-10H,11-12,18H2,1-2H3,(H,19,21). The molecule has 0 heterocycles. The summed E-state index contributed by atoms with van der Waals surface area (Å²) in [5, 5.41) is 2.86. The van der Waals surface area contributed by atoms with Crippen LogP contribution in [0.5, 0.6) is 0 Å². The summed E-state index contributed by atoms with van der Waals surface area (Å²) in [6.07, 6.45) is 0. The summed E-state index contributed by atoms with van der Waals surface area (Å²) in [6.45, 7) is 3.18. The van der Waals surface area contributed by atoms with Crippen LogP contribution in [0.1, 0.15) is 11.1 Å². The van der Waals surface area contributed by atoms with E-state index < -0.39 is 0 Å². The van der Waals surface area contributed by atoms with Crippen molar-refractivity contribution in [1.82, 2.24) is 4.90 Å². The number of nitrogens with one attached hydrogen (secondary N) is 1. The van der Waals surface area contributed by atoms with Gasteiger partial charge in [-0.3, -0.25) is 9.69 Å². The van der Waals surface area contributed by atoms with Crippen molar-refractivity contribution in [2.75, 3.05) is 24.6 Å². The smallest absolute Gasteiger partial charge is 0.238 e. The summed E-state index contributed by atoms with van der Waals surface area (Å²) in [5.41, 5.74) is 9.54. The molecule has 0 saturated carbocycles. The highest BCUT2D eigenvalue weighted by Crippen LogP contribution is 2.11. The minimum atomic E-state index is -0.0316. The van der Waals surface area contributed by atoms with Crippen LogP contribution < -0.4 is 11.1 Å². The van der Waals surface area contributed by atoms with Gasteiger partial charge < -0.3 is 11.1 Å². The van der Waals surface area contributed by atoms with Crippen LogP contribution in [0.4, 0.5) is 11.4 Å². The third-order valence-electron chi connectivity index (χ3n) is 3.31. The van der Waals surface area contributed by atoms with Crippen molar-refractivity contribution in [3.05, 3.63) is 59.7 Å². The molecule has 21 heavy (non-hydrogen) atoms. The number of rotatable bonds is 5. The summed E-state index contributed by atoms with van der Waals surface area (Å²) < 4.78 is 0. The lowest BCUT2D eigenvalue weighted by Crippen LogP contribution is -2.30. The largest absolute Gasteiger partial charge is 0.399 e. The molecule has 2 aromatic rings. The second-order valence-corrected chi connectivity index (χ2v) is 5.27. The van der Waals surface area contributed by atoms with Crippen LogP contribution >= 0.6 is 0 Å². The molecule has 1 amide bonds. The van der Waals surface area contributed by atoms with Crippen molar-refractivity contribution in [3.8, 4) is 0 Å². The summed E-state index contributed by atoms with van der Waals surface area (Å²) in [6, 6.07) is 15.3. The number of aryl methyl sites for hydroxylation is 1. The number of likely N-dealkylation sites (N-methyl/N-ethyl adjacent to an activating group) is 1. The van der Waals surface area contributed by atoms with Gasteiger partial charge in [0.1, 0.15) is 0 Å². The normalized spacial score (nSPS) is 10.6. The zero-order valence-corrected chi connectivity index (χ0v) is 12.5. The molecule has 4 heteroatoms. The van der Waals surface area contributed by atoms with Crippen molar-refractivity contribution in [1.29, 1.82) is 0 Å². The van der Waals surface area contributed by atoms with Crippen molar-refractivity contribution in [2.24, 2.45) is 0 Å².